The molecule has 0 aromatic heterocycles. The lowest BCUT2D eigenvalue weighted by Crippen LogP contribution is -2.39. The Hall–Kier alpha value is -3.13. The number of nitrogens with one attached hydrogen (secondary N) is 1. The minimum Gasteiger partial charge on any atom is -0.508 e. The van der Waals surface area contributed by atoms with Crippen molar-refractivity contribution in [3.05, 3.63) is 64.2 Å². The number of hydrogen-bond donors (Lipinski definition) is 2. The first kappa shape index (κ1) is 18.7. The Bertz CT molecular complexity index is 820. The third-order valence-corrected chi connectivity index (χ3v) is 4.40. The Balaban J connectivity index is 1.76. The molecule has 0 radical (unpaired) electrons. The second kappa shape index (κ2) is 8.50. The van der Waals surface area contributed by atoms with Crippen LogP contribution in [0.2, 0.25) is 0 Å². The van der Waals surface area contributed by atoms with Crippen LogP contribution in [0.1, 0.15) is 18.4 Å². The summed E-state index contributed by atoms with van der Waals surface area (Å²) in [4.78, 5) is 24.8. The molecule has 0 bridgehead atoms. The molecule has 0 unspecified atom stereocenters. The highest BCUT2D eigenvalue weighted by Gasteiger charge is 2.24. The Morgan fingerprint density at radius 2 is 2.11 bits per heavy atom. The number of benzene rings is 2. The summed E-state index contributed by atoms with van der Waals surface area (Å²) in [5.41, 5.74) is 0.854. The molecule has 1 saturated heterocycles. The van der Waals surface area contributed by atoms with E-state index >= 15 is 0 Å². The number of nitrogens with zero attached hydrogens (tertiary/aromatic N) is 2. The van der Waals surface area contributed by atoms with E-state index in [0.29, 0.717) is 24.4 Å². The molecule has 1 atom stereocenters. The average molecular weight is 371 g/mol. The fourth-order valence-electron chi connectivity index (χ4n) is 3.00. The lowest BCUT2D eigenvalue weighted by atomic mass is 10.1. The number of nitro benzene ring substituents is 1. The van der Waals surface area contributed by atoms with Crippen LogP contribution in [0.15, 0.2) is 48.5 Å². The molecule has 1 aliphatic heterocycles. The van der Waals surface area contributed by atoms with Crippen LogP contribution in [0.4, 0.5) is 16.2 Å². The van der Waals surface area contributed by atoms with E-state index in [1.807, 2.05) is 0 Å². The highest BCUT2D eigenvalue weighted by Crippen LogP contribution is 2.22. The van der Waals surface area contributed by atoms with Gasteiger partial charge in [0, 0.05) is 36.5 Å². The summed E-state index contributed by atoms with van der Waals surface area (Å²) >= 11 is 0. The monoisotopic (exact) mass is 371 g/mol. The zero-order chi connectivity index (χ0) is 19.2. The molecule has 1 aliphatic rings. The average Bonchev–Trinajstić information content (AvgIpc) is 3.16. The molecule has 2 N–H and O–H groups in total. The van der Waals surface area contributed by atoms with Gasteiger partial charge in [-0.1, -0.05) is 24.3 Å². The molecule has 3 rings (SSSR count). The molecule has 1 fully saturated rings. The van der Waals surface area contributed by atoms with E-state index < -0.39 is 11.0 Å². The third-order valence-electron chi connectivity index (χ3n) is 4.40. The van der Waals surface area contributed by atoms with Crippen LogP contribution in [0, 0.1) is 10.1 Å². The maximum absolute atomic E-state index is 12.8. The van der Waals surface area contributed by atoms with Gasteiger partial charge in [-0.15, -0.1) is 0 Å². The summed E-state index contributed by atoms with van der Waals surface area (Å²) in [6.45, 7) is 1.24. The number of urea groups is 1. The third kappa shape index (κ3) is 4.95. The summed E-state index contributed by atoms with van der Waals surface area (Å²) < 4.78 is 5.63. The number of phenols is 1. The van der Waals surface area contributed by atoms with Gasteiger partial charge in [0.2, 0.25) is 0 Å². The maximum atomic E-state index is 12.8. The number of nitro groups is 1. The molecule has 0 aliphatic carbocycles. The molecule has 27 heavy (non-hydrogen) atoms. The molecule has 2 aromatic rings. The number of non-ortho nitro benzene ring substituents is 1. The topological polar surface area (TPSA) is 105 Å². The molecular formula is C19H21N3O5. The first-order valence-electron chi connectivity index (χ1n) is 8.72. The minimum atomic E-state index is -0.512. The first-order chi connectivity index (χ1) is 13.0. The smallest absolute Gasteiger partial charge is 0.322 e. The number of rotatable bonds is 6. The van der Waals surface area contributed by atoms with Gasteiger partial charge >= 0.3 is 6.03 Å². The number of aromatic hydroxyl groups is 1. The van der Waals surface area contributed by atoms with Crippen molar-refractivity contribution in [2.75, 3.05) is 18.5 Å². The number of carbonyl (C=O) groups excluding carboxylic acids is 1. The van der Waals surface area contributed by atoms with Crippen molar-refractivity contribution in [3.8, 4) is 5.75 Å². The van der Waals surface area contributed by atoms with Crippen molar-refractivity contribution in [2.45, 2.75) is 25.5 Å². The summed E-state index contributed by atoms with van der Waals surface area (Å²) in [7, 11) is 0. The van der Waals surface area contributed by atoms with Gasteiger partial charge in [-0.3, -0.25) is 10.1 Å². The molecule has 2 amide bonds. The van der Waals surface area contributed by atoms with E-state index in [0.717, 1.165) is 12.8 Å². The predicted molar refractivity (Wildman–Crippen MR) is 99.6 cm³/mol. The molecule has 8 heteroatoms. The van der Waals surface area contributed by atoms with Gasteiger partial charge in [0.1, 0.15) is 5.75 Å². The molecule has 0 saturated carbocycles. The largest absolute Gasteiger partial charge is 0.508 e. The Morgan fingerprint density at radius 3 is 2.81 bits per heavy atom. The van der Waals surface area contributed by atoms with Gasteiger partial charge in [-0.05, 0) is 25.0 Å². The fourth-order valence-corrected chi connectivity index (χ4v) is 3.00. The molecule has 2 aromatic carbocycles. The standard InChI is InChI=1S/C19H21N3O5/c23-18-9-2-1-5-14(18)12-21(13-17-8-4-10-27-17)19(24)20-15-6-3-7-16(11-15)22(25)26/h1-3,5-7,9,11,17,23H,4,8,10,12-13H2,(H,20,24)/t17-/m0/s1. The van der Waals surface area contributed by atoms with Crippen molar-refractivity contribution in [2.24, 2.45) is 0 Å². The van der Waals surface area contributed by atoms with E-state index in [4.69, 9.17) is 4.74 Å². The second-order valence-corrected chi connectivity index (χ2v) is 6.38. The maximum Gasteiger partial charge on any atom is 0.322 e. The van der Waals surface area contributed by atoms with E-state index in [2.05, 4.69) is 5.32 Å². The van der Waals surface area contributed by atoms with Gasteiger partial charge in [0.15, 0.2) is 0 Å². The Labute approximate surface area is 156 Å². The Morgan fingerprint density at radius 1 is 1.30 bits per heavy atom. The lowest BCUT2D eigenvalue weighted by molar-refractivity contribution is -0.384. The number of hydrogen-bond acceptors (Lipinski definition) is 5. The van der Waals surface area contributed by atoms with Gasteiger partial charge in [0.05, 0.1) is 17.6 Å². The highest BCUT2D eigenvalue weighted by molar-refractivity contribution is 5.89. The fraction of sp³-hybridized carbons (Fsp3) is 0.316. The number of carbonyl (C=O) groups is 1. The van der Waals surface area contributed by atoms with Crippen molar-refractivity contribution in [3.63, 3.8) is 0 Å². The molecule has 8 nitrogen and oxygen atoms in total. The van der Waals surface area contributed by atoms with Crippen LogP contribution in [0.25, 0.3) is 0 Å². The Kier molecular flexibility index (Phi) is 5.87. The van der Waals surface area contributed by atoms with E-state index in [1.54, 1.807) is 35.2 Å². The van der Waals surface area contributed by atoms with Crippen LogP contribution in [-0.2, 0) is 11.3 Å². The van der Waals surface area contributed by atoms with Crippen LogP contribution >= 0.6 is 0 Å². The SMILES string of the molecule is O=C(Nc1cccc([N+](=O)[O-])c1)N(Cc1ccccc1O)C[C@@H]1CCCO1. The summed E-state index contributed by atoms with van der Waals surface area (Å²) in [5, 5.41) is 23.6. The molecule has 142 valence electrons. The first-order valence-corrected chi connectivity index (χ1v) is 8.72. The highest BCUT2D eigenvalue weighted by atomic mass is 16.6. The van der Waals surface area contributed by atoms with Crippen molar-refractivity contribution < 1.29 is 19.6 Å². The van der Waals surface area contributed by atoms with Crippen LogP contribution in [0.3, 0.4) is 0 Å². The number of para-hydroxylation sites is 1. The number of anilines is 1. The van der Waals surface area contributed by atoms with Gasteiger partial charge in [0.25, 0.3) is 5.69 Å². The van der Waals surface area contributed by atoms with Crippen molar-refractivity contribution in [1.82, 2.24) is 4.90 Å². The van der Waals surface area contributed by atoms with Gasteiger partial charge in [-0.25, -0.2) is 4.79 Å². The lowest BCUT2D eigenvalue weighted by Gasteiger charge is -2.26. The van der Waals surface area contributed by atoms with Gasteiger partial charge < -0.3 is 20.1 Å². The number of ether oxygens (including phenoxy) is 1. The summed E-state index contributed by atoms with van der Waals surface area (Å²) in [5.74, 6) is 0.109. The summed E-state index contributed by atoms with van der Waals surface area (Å²) in [6, 6.07) is 12.2. The molecule has 0 spiro atoms. The number of phenolic OH excluding ortho intramolecular Hbond substituents is 1. The quantitative estimate of drug-likeness (QED) is 0.597. The molecular weight excluding hydrogens is 350 g/mol. The van der Waals surface area contributed by atoms with Crippen molar-refractivity contribution >= 4 is 17.4 Å². The normalized spacial score (nSPS) is 16.1. The van der Waals surface area contributed by atoms with Gasteiger partial charge in [-0.2, -0.15) is 0 Å². The molecule has 1 heterocycles. The van der Waals surface area contributed by atoms with Crippen molar-refractivity contribution in [1.29, 1.82) is 0 Å². The number of amides is 2. The zero-order valence-electron chi connectivity index (χ0n) is 14.7. The van der Waals surface area contributed by atoms with E-state index in [-0.39, 0.29) is 24.1 Å². The second-order valence-electron chi connectivity index (χ2n) is 6.38. The van der Waals surface area contributed by atoms with Crippen LogP contribution in [0.5, 0.6) is 5.75 Å². The zero-order valence-corrected chi connectivity index (χ0v) is 14.7. The predicted octanol–water partition coefficient (Wildman–Crippen LogP) is 3.51. The summed E-state index contributed by atoms with van der Waals surface area (Å²) in [6.07, 6.45) is 1.75. The van der Waals surface area contributed by atoms with Crippen LogP contribution < -0.4 is 5.32 Å². The van der Waals surface area contributed by atoms with E-state index in [9.17, 15) is 20.0 Å². The van der Waals surface area contributed by atoms with Crippen LogP contribution in [-0.4, -0.2) is 40.2 Å². The minimum absolute atomic E-state index is 0.0632. The van der Waals surface area contributed by atoms with E-state index in [1.165, 1.54) is 18.2 Å².